The first-order chi connectivity index (χ1) is 5.72. The summed E-state index contributed by atoms with van der Waals surface area (Å²) in [6.45, 7) is 5.45. The predicted octanol–water partition coefficient (Wildman–Crippen LogP) is 2.78. The Morgan fingerprint density at radius 1 is 1.42 bits per heavy atom. The molecule has 0 aliphatic rings. The molecule has 1 unspecified atom stereocenters. The van der Waals surface area contributed by atoms with Crippen LogP contribution in [-0.2, 0) is 0 Å². The average Bonchev–Trinajstić information content (AvgIpc) is 2.09. The maximum Gasteiger partial charge on any atom is 0.123 e. The lowest BCUT2D eigenvalue weighted by atomic mass is 10.3. The van der Waals surface area contributed by atoms with E-state index in [1.165, 1.54) is 12.1 Å². The summed E-state index contributed by atoms with van der Waals surface area (Å²) in [5, 5.41) is 0. The van der Waals surface area contributed by atoms with E-state index in [2.05, 4.69) is 6.58 Å². The van der Waals surface area contributed by atoms with Gasteiger partial charge in [0.25, 0.3) is 0 Å². The fraction of sp³-hybridized carbons (Fsp3) is 0.200. The van der Waals surface area contributed by atoms with Crippen molar-refractivity contribution in [2.24, 2.45) is 0 Å². The van der Waals surface area contributed by atoms with Gasteiger partial charge in [-0.3, -0.25) is 0 Å². The molecule has 0 saturated heterocycles. The molecule has 0 aliphatic heterocycles. The van der Waals surface area contributed by atoms with Crippen LogP contribution in [0.2, 0.25) is 0 Å². The zero-order valence-corrected chi connectivity index (χ0v) is 6.96. The molecule has 0 aromatic heterocycles. The van der Waals surface area contributed by atoms with Crippen LogP contribution in [0.5, 0.6) is 5.75 Å². The molecule has 0 heterocycles. The van der Waals surface area contributed by atoms with Gasteiger partial charge in [-0.05, 0) is 31.2 Å². The van der Waals surface area contributed by atoms with Crippen molar-refractivity contribution in [2.45, 2.75) is 13.0 Å². The third kappa shape index (κ3) is 2.38. The summed E-state index contributed by atoms with van der Waals surface area (Å²) < 4.78 is 17.8. The van der Waals surface area contributed by atoms with Crippen LogP contribution >= 0.6 is 0 Å². The molecular formula is C10H11FO. The molecule has 2 heteroatoms. The van der Waals surface area contributed by atoms with E-state index in [9.17, 15) is 4.39 Å². The summed E-state index contributed by atoms with van der Waals surface area (Å²) >= 11 is 0. The first-order valence-corrected chi connectivity index (χ1v) is 3.77. The lowest BCUT2D eigenvalue weighted by Gasteiger charge is -2.09. The summed E-state index contributed by atoms with van der Waals surface area (Å²) in [4.78, 5) is 0. The second kappa shape index (κ2) is 3.90. The van der Waals surface area contributed by atoms with Gasteiger partial charge in [0.1, 0.15) is 17.7 Å². The second-order valence-electron chi connectivity index (χ2n) is 2.51. The summed E-state index contributed by atoms with van der Waals surface area (Å²) in [5.74, 6) is 0.400. The zero-order valence-electron chi connectivity index (χ0n) is 6.96. The normalized spacial score (nSPS) is 12.2. The highest BCUT2D eigenvalue weighted by molar-refractivity contribution is 5.22. The Hall–Kier alpha value is -1.31. The summed E-state index contributed by atoms with van der Waals surface area (Å²) in [5.41, 5.74) is 0. The van der Waals surface area contributed by atoms with Gasteiger partial charge in [-0.1, -0.05) is 12.7 Å². The van der Waals surface area contributed by atoms with Crippen LogP contribution in [0.4, 0.5) is 4.39 Å². The zero-order chi connectivity index (χ0) is 8.97. The Morgan fingerprint density at radius 3 is 2.50 bits per heavy atom. The molecular weight excluding hydrogens is 155 g/mol. The third-order valence-corrected chi connectivity index (χ3v) is 1.47. The Labute approximate surface area is 71.5 Å². The number of hydrogen-bond donors (Lipinski definition) is 0. The summed E-state index contributed by atoms with van der Waals surface area (Å²) in [6.07, 6.45) is 1.64. The largest absolute Gasteiger partial charge is 0.487 e. The van der Waals surface area contributed by atoms with E-state index in [-0.39, 0.29) is 11.9 Å². The highest BCUT2D eigenvalue weighted by Gasteiger charge is 1.97. The van der Waals surface area contributed by atoms with E-state index >= 15 is 0 Å². The van der Waals surface area contributed by atoms with Crippen molar-refractivity contribution < 1.29 is 9.13 Å². The van der Waals surface area contributed by atoms with Crippen LogP contribution in [-0.4, -0.2) is 6.10 Å². The highest BCUT2D eigenvalue weighted by Crippen LogP contribution is 2.12. The fourth-order valence-corrected chi connectivity index (χ4v) is 0.776. The van der Waals surface area contributed by atoms with E-state index in [1.807, 2.05) is 6.92 Å². The molecule has 1 rings (SSSR count). The van der Waals surface area contributed by atoms with Crippen LogP contribution in [0.25, 0.3) is 0 Å². The monoisotopic (exact) mass is 166 g/mol. The van der Waals surface area contributed by atoms with E-state index in [0.717, 1.165) is 0 Å². The SMILES string of the molecule is C=CC(C)Oc1ccc(F)cc1. The van der Waals surface area contributed by atoms with Crippen molar-refractivity contribution >= 4 is 0 Å². The minimum Gasteiger partial charge on any atom is -0.487 e. The molecule has 0 bridgehead atoms. The topological polar surface area (TPSA) is 9.23 Å². The van der Waals surface area contributed by atoms with Crippen molar-refractivity contribution in [2.75, 3.05) is 0 Å². The van der Waals surface area contributed by atoms with Gasteiger partial charge in [-0.25, -0.2) is 4.39 Å². The van der Waals surface area contributed by atoms with Crippen LogP contribution in [0.3, 0.4) is 0 Å². The molecule has 12 heavy (non-hydrogen) atoms. The minimum atomic E-state index is -0.256. The average molecular weight is 166 g/mol. The van der Waals surface area contributed by atoms with Crippen LogP contribution in [0, 0.1) is 5.82 Å². The predicted molar refractivity (Wildman–Crippen MR) is 46.7 cm³/mol. The number of hydrogen-bond acceptors (Lipinski definition) is 1. The molecule has 0 aliphatic carbocycles. The molecule has 64 valence electrons. The first kappa shape index (κ1) is 8.78. The number of benzene rings is 1. The third-order valence-electron chi connectivity index (χ3n) is 1.47. The number of ether oxygens (including phenoxy) is 1. The fourth-order valence-electron chi connectivity index (χ4n) is 0.776. The standard InChI is InChI=1S/C10H11FO/c1-3-8(2)12-10-6-4-9(11)5-7-10/h3-8H,1H2,2H3. The maximum atomic E-state index is 12.4. The van der Waals surface area contributed by atoms with Crippen molar-refractivity contribution in [3.05, 3.63) is 42.7 Å². The van der Waals surface area contributed by atoms with Gasteiger partial charge in [-0.2, -0.15) is 0 Å². The van der Waals surface area contributed by atoms with Gasteiger partial charge < -0.3 is 4.74 Å². The molecule has 0 amide bonds. The molecule has 0 spiro atoms. The second-order valence-corrected chi connectivity index (χ2v) is 2.51. The number of rotatable bonds is 3. The lowest BCUT2D eigenvalue weighted by molar-refractivity contribution is 0.270. The molecule has 1 aromatic rings. The van der Waals surface area contributed by atoms with Crippen LogP contribution in [0.1, 0.15) is 6.92 Å². The Bertz CT molecular complexity index is 253. The van der Waals surface area contributed by atoms with Gasteiger partial charge in [0, 0.05) is 0 Å². The Balaban J connectivity index is 2.64. The maximum absolute atomic E-state index is 12.4. The van der Waals surface area contributed by atoms with Crippen LogP contribution in [0.15, 0.2) is 36.9 Å². The molecule has 1 nitrogen and oxygen atoms in total. The molecule has 0 radical (unpaired) electrons. The summed E-state index contributed by atoms with van der Waals surface area (Å²) in [6, 6.07) is 5.92. The molecule has 1 atom stereocenters. The van der Waals surface area contributed by atoms with Crippen molar-refractivity contribution in [3.63, 3.8) is 0 Å². The molecule has 0 N–H and O–H groups in total. The van der Waals surface area contributed by atoms with Crippen molar-refractivity contribution in [1.29, 1.82) is 0 Å². The Kier molecular flexibility index (Phi) is 2.86. The van der Waals surface area contributed by atoms with Gasteiger partial charge >= 0.3 is 0 Å². The molecule has 0 saturated carbocycles. The summed E-state index contributed by atoms with van der Waals surface area (Å²) in [7, 11) is 0. The van der Waals surface area contributed by atoms with Gasteiger partial charge in [0.15, 0.2) is 0 Å². The molecule has 0 fully saturated rings. The quantitative estimate of drug-likeness (QED) is 0.627. The van der Waals surface area contributed by atoms with Crippen LogP contribution < -0.4 is 4.74 Å². The van der Waals surface area contributed by atoms with E-state index in [1.54, 1.807) is 18.2 Å². The van der Waals surface area contributed by atoms with Gasteiger partial charge in [0.05, 0.1) is 0 Å². The van der Waals surface area contributed by atoms with Gasteiger partial charge in [-0.15, -0.1) is 0 Å². The smallest absolute Gasteiger partial charge is 0.123 e. The van der Waals surface area contributed by atoms with Crippen molar-refractivity contribution in [3.8, 4) is 5.75 Å². The number of halogens is 1. The highest BCUT2D eigenvalue weighted by atomic mass is 19.1. The first-order valence-electron chi connectivity index (χ1n) is 3.77. The minimum absolute atomic E-state index is 0.0459. The molecule has 1 aromatic carbocycles. The Morgan fingerprint density at radius 2 is 2.00 bits per heavy atom. The van der Waals surface area contributed by atoms with E-state index < -0.39 is 0 Å². The van der Waals surface area contributed by atoms with E-state index in [0.29, 0.717) is 5.75 Å². The van der Waals surface area contributed by atoms with Crippen molar-refractivity contribution in [1.82, 2.24) is 0 Å². The lowest BCUT2D eigenvalue weighted by Crippen LogP contribution is -2.06. The van der Waals surface area contributed by atoms with E-state index in [4.69, 9.17) is 4.74 Å². The van der Waals surface area contributed by atoms with Gasteiger partial charge in [0.2, 0.25) is 0 Å².